The van der Waals surface area contributed by atoms with Crippen molar-refractivity contribution in [3.63, 3.8) is 0 Å². The maximum atomic E-state index is 11.3. The first-order valence-corrected chi connectivity index (χ1v) is 13.5. The van der Waals surface area contributed by atoms with E-state index in [1.54, 1.807) is 0 Å². The summed E-state index contributed by atoms with van der Waals surface area (Å²) in [5.41, 5.74) is 2.74. The molecule has 0 spiro atoms. The molecule has 0 radical (unpaired) electrons. The van der Waals surface area contributed by atoms with E-state index in [1.807, 2.05) is 12.1 Å². The lowest BCUT2D eigenvalue weighted by Crippen LogP contribution is -2.48. The Bertz CT molecular complexity index is 968. The lowest BCUT2D eigenvalue weighted by Gasteiger charge is -2.57. The van der Waals surface area contributed by atoms with E-state index in [0.29, 0.717) is 11.5 Å². The van der Waals surface area contributed by atoms with Gasteiger partial charge in [0, 0.05) is 11.1 Å². The van der Waals surface area contributed by atoms with Crippen molar-refractivity contribution >= 4 is 10.8 Å². The predicted octanol–water partition coefficient (Wildman–Crippen LogP) is 7.19. The van der Waals surface area contributed by atoms with Gasteiger partial charge in [0.1, 0.15) is 11.5 Å². The average molecular weight is 429 g/mol. The van der Waals surface area contributed by atoms with Crippen molar-refractivity contribution in [2.24, 2.45) is 35.5 Å². The normalized spacial score (nSPS) is 45.8. The fourth-order valence-electron chi connectivity index (χ4n) is 11.1. The van der Waals surface area contributed by atoms with Gasteiger partial charge in [-0.05, 0) is 158 Å². The summed E-state index contributed by atoms with van der Waals surface area (Å²) in [5.74, 6) is 6.22. The van der Waals surface area contributed by atoms with Crippen molar-refractivity contribution in [3.8, 4) is 11.5 Å². The molecule has 2 heteroatoms. The van der Waals surface area contributed by atoms with Crippen LogP contribution in [0.15, 0.2) is 24.3 Å². The second kappa shape index (κ2) is 6.05. The van der Waals surface area contributed by atoms with Gasteiger partial charge in [0.25, 0.3) is 0 Å². The summed E-state index contributed by atoms with van der Waals surface area (Å²) in [7, 11) is 0. The zero-order valence-electron chi connectivity index (χ0n) is 19.2. The fourth-order valence-corrected chi connectivity index (χ4v) is 11.1. The van der Waals surface area contributed by atoms with Gasteiger partial charge >= 0.3 is 0 Å². The Hall–Kier alpha value is -1.70. The minimum atomic E-state index is 0.182. The summed E-state index contributed by atoms with van der Waals surface area (Å²) in [4.78, 5) is 0. The molecule has 8 bridgehead atoms. The largest absolute Gasteiger partial charge is 0.508 e. The summed E-state index contributed by atoms with van der Waals surface area (Å²) in [6.45, 7) is 0. The van der Waals surface area contributed by atoms with Gasteiger partial charge in [-0.2, -0.15) is 0 Å². The Morgan fingerprint density at radius 3 is 1.03 bits per heavy atom. The third kappa shape index (κ3) is 2.48. The van der Waals surface area contributed by atoms with E-state index >= 15 is 0 Å². The molecule has 0 atom stereocenters. The highest BCUT2D eigenvalue weighted by Gasteiger charge is 2.54. The molecule has 8 fully saturated rings. The highest BCUT2D eigenvalue weighted by Crippen LogP contribution is 2.64. The molecule has 2 aromatic rings. The van der Waals surface area contributed by atoms with Crippen LogP contribution in [0.3, 0.4) is 0 Å². The monoisotopic (exact) mass is 428 g/mol. The molecule has 0 amide bonds. The van der Waals surface area contributed by atoms with Crippen LogP contribution in [0.5, 0.6) is 11.5 Å². The van der Waals surface area contributed by atoms with Crippen LogP contribution in [0.2, 0.25) is 0 Å². The number of fused-ring (bicyclic) bond motifs is 1. The maximum absolute atomic E-state index is 11.3. The lowest BCUT2D eigenvalue weighted by atomic mass is 9.47. The molecule has 0 aliphatic heterocycles. The zero-order chi connectivity index (χ0) is 21.2. The number of phenolic OH excluding ortho intramolecular Hbond substituents is 2. The van der Waals surface area contributed by atoms with Crippen molar-refractivity contribution in [2.75, 3.05) is 0 Å². The molecule has 10 rings (SSSR count). The molecule has 2 N–H and O–H groups in total. The Morgan fingerprint density at radius 1 is 0.469 bits per heavy atom. The fraction of sp³-hybridized carbons (Fsp3) is 0.667. The molecule has 0 unspecified atom stereocenters. The van der Waals surface area contributed by atoms with Gasteiger partial charge in [-0.3, -0.25) is 0 Å². The molecule has 8 aliphatic carbocycles. The highest BCUT2D eigenvalue weighted by molar-refractivity contribution is 5.88. The minimum absolute atomic E-state index is 0.182. The standard InChI is InChI=1S/C30H36O2/c31-27-9-24-8-26(30-14-20-4-21(15-30)6-22(5-20)16-30)28(32)10-23(24)7-25(27)29-11-17-1-18(12-29)3-19(2-17)13-29/h7-10,17-22,31-32H,1-6,11-16H2. The summed E-state index contributed by atoms with van der Waals surface area (Å²) >= 11 is 0. The number of phenols is 2. The van der Waals surface area contributed by atoms with Gasteiger partial charge in [-0.15, -0.1) is 0 Å². The molecule has 2 nitrogen and oxygen atoms in total. The quantitative estimate of drug-likeness (QED) is 0.531. The number of hydrogen-bond donors (Lipinski definition) is 2. The van der Waals surface area contributed by atoms with Gasteiger partial charge in [-0.25, -0.2) is 0 Å². The minimum Gasteiger partial charge on any atom is -0.508 e. The van der Waals surface area contributed by atoms with E-state index < -0.39 is 0 Å². The number of benzene rings is 2. The first-order chi connectivity index (χ1) is 15.5. The Labute approximate surface area is 191 Å². The van der Waals surface area contributed by atoms with Crippen LogP contribution < -0.4 is 0 Å². The number of rotatable bonds is 2. The topological polar surface area (TPSA) is 40.5 Å². The van der Waals surface area contributed by atoms with Crippen molar-refractivity contribution in [1.29, 1.82) is 0 Å². The zero-order valence-corrected chi connectivity index (χ0v) is 19.2. The second-order valence-corrected chi connectivity index (χ2v) is 13.5. The van der Waals surface area contributed by atoms with Crippen molar-refractivity contribution in [2.45, 2.75) is 87.9 Å². The van der Waals surface area contributed by atoms with Crippen LogP contribution >= 0.6 is 0 Å². The van der Waals surface area contributed by atoms with E-state index in [9.17, 15) is 10.2 Å². The summed E-state index contributed by atoms with van der Waals surface area (Å²) in [6.07, 6.45) is 16.1. The molecule has 8 saturated carbocycles. The van der Waals surface area contributed by atoms with E-state index in [2.05, 4.69) is 12.1 Å². The van der Waals surface area contributed by atoms with Crippen LogP contribution in [-0.4, -0.2) is 10.2 Å². The van der Waals surface area contributed by atoms with Gasteiger partial charge in [0.15, 0.2) is 0 Å². The van der Waals surface area contributed by atoms with Crippen LogP contribution in [0, 0.1) is 35.5 Å². The Morgan fingerprint density at radius 2 is 0.750 bits per heavy atom. The molecular formula is C30H36O2. The van der Waals surface area contributed by atoms with E-state index in [4.69, 9.17) is 0 Å². The second-order valence-electron chi connectivity index (χ2n) is 13.5. The Balaban J connectivity index is 1.23. The summed E-state index contributed by atoms with van der Waals surface area (Å²) in [5, 5.41) is 24.8. The number of aromatic hydroxyl groups is 2. The van der Waals surface area contributed by atoms with Gasteiger partial charge in [-0.1, -0.05) is 0 Å². The molecule has 0 aromatic heterocycles. The average Bonchev–Trinajstić information content (AvgIpc) is 2.71. The predicted molar refractivity (Wildman–Crippen MR) is 127 cm³/mol. The third-order valence-electron chi connectivity index (χ3n) is 11.3. The lowest BCUT2D eigenvalue weighted by molar-refractivity contribution is -0.00637. The molecule has 168 valence electrons. The molecule has 8 aliphatic rings. The van der Waals surface area contributed by atoms with E-state index in [1.165, 1.54) is 88.2 Å². The van der Waals surface area contributed by atoms with E-state index in [0.717, 1.165) is 46.3 Å². The first-order valence-electron chi connectivity index (χ1n) is 13.5. The molecule has 32 heavy (non-hydrogen) atoms. The smallest absolute Gasteiger partial charge is 0.119 e. The van der Waals surface area contributed by atoms with Crippen molar-refractivity contribution in [3.05, 3.63) is 35.4 Å². The van der Waals surface area contributed by atoms with Gasteiger partial charge in [0.05, 0.1) is 0 Å². The van der Waals surface area contributed by atoms with Crippen molar-refractivity contribution in [1.82, 2.24) is 0 Å². The maximum Gasteiger partial charge on any atom is 0.119 e. The van der Waals surface area contributed by atoms with E-state index in [-0.39, 0.29) is 10.8 Å². The molecule has 0 heterocycles. The molecular weight excluding hydrogens is 392 g/mol. The summed E-state index contributed by atoms with van der Waals surface area (Å²) in [6, 6.07) is 8.63. The van der Waals surface area contributed by atoms with Crippen LogP contribution in [-0.2, 0) is 10.8 Å². The van der Waals surface area contributed by atoms with Crippen LogP contribution in [0.4, 0.5) is 0 Å². The highest BCUT2D eigenvalue weighted by atomic mass is 16.3. The SMILES string of the molecule is Oc1cc2cc(C34CC5CC(CC(C5)C3)C4)c(O)cc2cc1C12CC3CC(CC(C3)C1)C2. The van der Waals surface area contributed by atoms with Gasteiger partial charge < -0.3 is 10.2 Å². The van der Waals surface area contributed by atoms with Crippen LogP contribution in [0.25, 0.3) is 10.8 Å². The first kappa shape index (κ1) is 18.7. The number of hydrogen-bond acceptors (Lipinski definition) is 2. The molecule has 2 aromatic carbocycles. The van der Waals surface area contributed by atoms with Crippen molar-refractivity contribution < 1.29 is 10.2 Å². The van der Waals surface area contributed by atoms with Gasteiger partial charge in [0.2, 0.25) is 0 Å². The Kier molecular flexibility index (Phi) is 3.53. The van der Waals surface area contributed by atoms with Crippen LogP contribution in [0.1, 0.15) is 88.2 Å². The molecule has 0 saturated heterocycles. The third-order valence-corrected chi connectivity index (χ3v) is 11.3. The summed E-state index contributed by atoms with van der Waals surface area (Å²) < 4.78 is 0.